The molecule has 0 bridgehead atoms. The number of hydrogen-bond donors (Lipinski definition) is 1. The van der Waals surface area contributed by atoms with Gasteiger partial charge in [0.25, 0.3) is 0 Å². The zero-order valence-electron chi connectivity index (χ0n) is 10.8. The second-order valence-corrected chi connectivity index (χ2v) is 5.53. The van der Waals surface area contributed by atoms with Crippen LogP contribution in [0.1, 0.15) is 41.0 Å². The van der Waals surface area contributed by atoms with Gasteiger partial charge in [-0.3, -0.25) is 9.59 Å². The van der Waals surface area contributed by atoms with Crippen LogP contribution in [-0.2, 0) is 9.59 Å². The van der Waals surface area contributed by atoms with E-state index >= 15 is 0 Å². The van der Waals surface area contributed by atoms with E-state index < -0.39 is 6.04 Å². The Kier molecular flexibility index (Phi) is 3.61. The molecule has 1 N–H and O–H groups in total. The van der Waals surface area contributed by atoms with E-state index in [1.54, 1.807) is 11.8 Å². The van der Waals surface area contributed by atoms with Gasteiger partial charge in [-0.1, -0.05) is 27.7 Å². The van der Waals surface area contributed by atoms with E-state index in [2.05, 4.69) is 5.32 Å². The summed E-state index contributed by atoms with van der Waals surface area (Å²) in [6.45, 7) is 10.4. The van der Waals surface area contributed by atoms with E-state index in [4.69, 9.17) is 0 Å². The van der Waals surface area contributed by atoms with Crippen LogP contribution in [0.2, 0.25) is 0 Å². The highest BCUT2D eigenvalue weighted by Crippen LogP contribution is 2.27. The Morgan fingerprint density at radius 1 is 1.31 bits per heavy atom. The SMILES string of the molecule is CCCN1C(=O)C(C)NC(=O)C1C(C)(C)C. The lowest BCUT2D eigenvalue weighted by Gasteiger charge is -2.44. The minimum atomic E-state index is -0.391. The first-order valence-corrected chi connectivity index (χ1v) is 5.90. The van der Waals surface area contributed by atoms with E-state index in [0.29, 0.717) is 6.54 Å². The molecule has 2 amide bonds. The standard InChI is InChI=1S/C12H22N2O2/c1-6-7-14-9(12(3,4)5)10(15)13-8(2)11(14)16/h8-9H,6-7H2,1-5H3,(H,13,15). The monoisotopic (exact) mass is 226 g/mol. The predicted molar refractivity (Wildman–Crippen MR) is 62.9 cm³/mol. The molecule has 4 nitrogen and oxygen atoms in total. The first-order valence-electron chi connectivity index (χ1n) is 5.90. The molecule has 1 fully saturated rings. The zero-order chi connectivity index (χ0) is 12.5. The Hall–Kier alpha value is -1.06. The molecule has 2 unspecified atom stereocenters. The van der Waals surface area contributed by atoms with Gasteiger partial charge in [0.15, 0.2) is 0 Å². The minimum Gasteiger partial charge on any atom is -0.343 e. The summed E-state index contributed by atoms with van der Waals surface area (Å²) in [6, 6.07) is -0.742. The van der Waals surface area contributed by atoms with Crippen molar-refractivity contribution in [2.45, 2.75) is 53.1 Å². The fourth-order valence-electron chi connectivity index (χ4n) is 2.21. The number of carbonyl (C=O) groups is 2. The molecule has 1 heterocycles. The summed E-state index contributed by atoms with van der Waals surface area (Å²) in [5, 5.41) is 2.74. The van der Waals surface area contributed by atoms with Gasteiger partial charge in [0.2, 0.25) is 11.8 Å². The van der Waals surface area contributed by atoms with Crippen molar-refractivity contribution in [1.29, 1.82) is 0 Å². The average molecular weight is 226 g/mol. The summed E-state index contributed by atoms with van der Waals surface area (Å²) in [6.07, 6.45) is 0.873. The Morgan fingerprint density at radius 2 is 1.88 bits per heavy atom. The van der Waals surface area contributed by atoms with Crippen molar-refractivity contribution >= 4 is 11.8 Å². The molecule has 92 valence electrons. The van der Waals surface area contributed by atoms with Gasteiger partial charge >= 0.3 is 0 Å². The summed E-state index contributed by atoms with van der Waals surface area (Å²) in [4.78, 5) is 25.7. The van der Waals surface area contributed by atoms with Crippen molar-refractivity contribution in [2.75, 3.05) is 6.54 Å². The molecule has 0 aromatic carbocycles. The van der Waals surface area contributed by atoms with Gasteiger partial charge in [0.1, 0.15) is 12.1 Å². The second-order valence-electron chi connectivity index (χ2n) is 5.53. The van der Waals surface area contributed by atoms with Gasteiger partial charge < -0.3 is 10.2 Å². The first-order chi connectivity index (χ1) is 7.29. The fraction of sp³-hybridized carbons (Fsp3) is 0.833. The third-order valence-electron chi connectivity index (χ3n) is 2.86. The van der Waals surface area contributed by atoms with Crippen LogP contribution in [0.25, 0.3) is 0 Å². The molecule has 0 aromatic heterocycles. The van der Waals surface area contributed by atoms with Crippen LogP contribution >= 0.6 is 0 Å². The maximum Gasteiger partial charge on any atom is 0.245 e. The van der Waals surface area contributed by atoms with Crippen molar-refractivity contribution < 1.29 is 9.59 Å². The van der Waals surface area contributed by atoms with Gasteiger partial charge in [0, 0.05) is 6.54 Å². The number of nitrogens with one attached hydrogen (secondary N) is 1. The van der Waals surface area contributed by atoms with Crippen molar-refractivity contribution in [3.63, 3.8) is 0 Å². The molecular weight excluding hydrogens is 204 g/mol. The van der Waals surface area contributed by atoms with Crippen LogP contribution in [0.5, 0.6) is 0 Å². The molecule has 1 aliphatic rings. The van der Waals surface area contributed by atoms with Gasteiger partial charge in [-0.05, 0) is 18.8 Å². The van der Waals surface area contributed by atoms with Crippen molar-refractivity contribution in [1.82, 2.24) is 10.2 Å². The van der Waals surface area contributed by atoms with Gasteiger partial charge in [-0.15, -0.1) is 0 Å². The second kappa shape index (κ2) is 4.44. The highest BCUT2D eigenvalue weighted by molar-refractivity contribution is 5.97. The van der Waals surface area contributed by atoms with Crippen LogP contribution < -0.4 is 5.32 Å². The zero-order valence-corrected chi connectivity index (χ0v) is 10.8. The number of piperazine rings is 1. The lowest BCUT2D eigenvalue weighted by atomic mass is 9.83. The number of carbonyl (C=O) groups excluding carboxylic acids is 2. The molecule has 0 aliphatic carbocycles. The molecule has 2 atom stereocenters. The molecule has 0 saturated carbocycles. The summed E-state index contributed by atoms with van der Waals surface area (Å²) in [7, 11) is 0. The molecule has 0 radical (unpaired) electrons. The first kappa shape index (κ1) is 13.0. The van der Waals surface area contributed by atoms with Crippen LogP contribution in [0, 0.1) is 5.41 Å². The largest absolute Gasteiger partial charge is 0.343 e. The molecule has 1 saturated heterocycles. The Labute approximate surface area is 97.4 Å². The number of hydrogen-bond acceptors (Lipinski definition) is 2. The highest BCUT2D eigenvalue weighted by Gasteiger charge is 2.44. The third kappa shape index (κ3) is 2.36. The Balaban J connectivity index is 3.01. The number of rotatable bonds is 2. The molecule has 16 heavy (non-hydrogen) atoms. The summed E-state index contributed by atoms with van der Waals surface area (Å²) in [5.41, 5.74) is -0.227. The molecule has 1 rings (SSSR count). The smallest absolute Gasteiger partial charge is 0.245 e. The molecule has 4 heteroatoms. The van der Waals surface area contributed by atoms with Crippen LogP contribution in [0.4, 0.5) is 0 Å². The van der Waals surface area contributed by atoms with E-state index in [-0.39, 0.29) is 23.3 Å². The lowest BCUT2D eigenvalue weighted by molar-refractivity contribution is -0.153. The van der Waals surface area contributed by atoms with Gasteiger partial charge in [-0.25, -0.2) is 0 Å². The molecule has 0 spiro atoms. The highest BCUT2D eigenvalue weighted by atomic mass is 16.2. The average Bonchev–Trinajstić information content (AvgIpc) is 2.11. The fourth-order valence-corrected chi connectivity index (χ4v) is 2.21. The van der Waals surface area contributed by atoms with Crippen molar-refractivity contribution in [2.24, 2.45) is 5.41 Å². The van der Waals surface area contributed by atoms with E-state index in [1.165, 1.54) is 0 Å². The van der Waals surface area contributed by atoms with Crippen molar-refractivity contribution in [3.05, 3.63) is 0 Å². The van der Waals surface area contributed by atoms with Gasteiger partial charge in [-0.2, -0.15) is 0 Å². The van der Waals surface area contributed by atoms with Crippen LogP contribution in [0.3, 0.4) is 0 Å². The molecule has 0 aromatic rings. The minimum absolute atomic E-state index is 0.0291. The normalized spacial score (nSPS) is 26.9. The van der Waals surface area contributed by atoms with Crippen LogP contribution in [0.15, 0.2) is 0 Å². The Morgan fingerprint density at radius 3 is 2.31 bits per heavy atom. The summed E-state index contributed by atoms with van der Waals surface area (Å²) >= 11 is 0. The third-order valence-corrected chi connectivity index (χ3v) is 2.86. The van der Waals surface area contributed by atoms with Gasteiger partial charge in [0.05, 0.1) is 0 Å². The predicted octanol–water partition coefficient (Wildman–Crippen LogP) is 1.16. The van der Waals surface area contributed by atoms with E-state index in [9.17, 15) is 9.59 Å². The number of amides is 2. The molecule has 1 aliphatic heterocycles. The molecular formula is C12H22N2O2. The Bertz CT molecular complexity index is 294. The van der Waals surface area contributed by atoms with Crippen molar-refractivity contribution in [3.8, 4) is 0 Å². The summed E-state index contributed by atoms with van der Waals surface area (Å²) < 4.78 is 0. The van der Waals surface area contributed by atoms with E-state index in [0.717, 1.165) is 6.42 Å². The summed E-state index contributed by atoms with van der Waals surface area (Å²) in [5.74, 6) is -0.00516. The quantitative estimate of drug-likeness (QED) is 0.768. The van der Waals surface area contributed by atoms with E-state index in [1.807, 2.05) is 27.7 Å². The maximum atomic E-state index is 12.0. The topological polar surface area (TPSA) is 49.4 Å². The van der Waals surface area contributed by atoms with Crippen LogP contribution in [-0.4, -0.2) is 35.3 Å². The number of nitrogens with zero attached hydrogens (tertiary/aromatic N) is 1. The lowest BCUT2D eigenvalue weighted by Crippen LogP contribution is -2.66. The maximum absolute atomic E-state index is 12.0.